The first-order valence-electron chi connectivity index (χ1n) is 3.86. The van der Waals surface area contributed by atoms with Gasteiger partial charge in [-0.3, -0.25) is 4.79 Å². The van der Waals surface area contributed by atoms with Crippen LogP contribution in [0.4, 0.5) is 0 Å². The highest BCUT2D eigenvalue weighted by Crippen LogP contribution is 2.28. The first-order chi connectivity index (χ1) is 6.68. The van der Waals surface area contributed by atoms with Crippen LogP contribution in [0.5, 0.6) is 0 Å². The Morgan fingerprint density at radius 3 is 2.47 bits per heavy atom. The van der Waals surface area contributed by atoms with E-state index >= 15 is 0 Å². The van der Waals surface area contributed by atoms with Gasteiger partial charge in [-0.05, 0) is 12.2 Å². The van der Waals surface area contributed by atoms with Crippen molar-refractivity contribution in [3.05, 3.63) is 23.1 Å². The molecule has 6 nitrogen and oxygen atoms in total. The van der Waals surface area contributed by atoms with Crippen LogP contribution in [-0.4, -0.2) is 25.2 Å². The zero-order valence-corrected chi connectivity index (χ0v) is 9.12. The minimum absolute atomic E-state index is 0.280. The average Bonchev–Trinajstić information content (AvgIpc) is 2.07. The van der Waals surface area contributed by atoms with Gasteiger partial charge in [0, 0.05) is 0 Å². The van der Waals surface area contributed by atoms with Gasteiger partial charge in [-0.25, -0.2) is 13.6 Å². The Balaban J connectivity index is 3.29. The highest BCUT2D eigenvalue weighted by Gasteiger charge is 2.40. The third-order valence-electron chi connectivity index (χ3n) is 2.01. The van der Waals surface area contributed by atoms with E-state index in [0.29, 0.717) is 0 Å². The van der Waals surface area contributed by atoms with Crippen molar-refractivity contribution in [1.82, 2.24) is 0 Å². The van der Waals surface area contributed by atoms with Crippen molar-refractivity contribution in [2.75, 3.05) is 0 Å². The number of carbonyl (C=O) groups is 1. The molecule has 0 spiro atoms. The normalized spacial score (nSPS) is 31.1. The van der Waals surface area contributed by atoms with Crippen LogP contribution in [0.1, 0.15) is 0 Å². The summed E-state index contributed by atoms with van der Waals surface area (Å²) in [5.41, 5.74) is 10.6. The lowest BCUT2D eigenvalue weighted by atomic mass is 9.94. The van der Waals surface area contributed by atoms with Gasteiger partial charge in [0.2, 0.25) is 15.9 Å². The highest BCUT2D eigenvalue weighted by molar-refractivity contribution is 7.93. The van der Waals surface area contributed by atoms with E-state index in [2.05, 4.69) is 0 Å². The molecule has 0 fully saturated rings. The highest BCUT2D eigenvalue weighted by atomic mass is 35.5. The zero-order chi connectivity index (χ0) is 11.9. The Morgan fingerprint density at radius 1 is 1.53 bits per heavy atom. The van der Waals surface area contributed by atoms with Gasteiger partial charge < -0.3 is 11.5 Å². The Labute approximate surface area is 91.8 Å². The molecule has 1 aliphatic carbocycles. The third kappa shape index (κ3) is 2.20. The SMILES string of the molecule is NC(=O)C1(Cl)C=C(S(N)(=O)=O)C=CC1N. The standard InChI is InChI=1S/C7H10ClN3O3S/c8-7(6(10)12)3-4(15(11,13)14)1-2-5(7)9/h1-3,5H,9H2,(H2,10,12)(H2,11,13,14). The minimum atomic E-state index is -3.93. The quantitative estimate of drug-likeness (QED) is 0.517. The number of nitrogens with two attached hydrogens (primary N) is 3. The predicted molar refractivity (Wildman–Crippen MR) is 56.1 cm³/mol. The van der Waals surface area contributed by atoms with E-state index in [0.717, 1.165) is 6.08 Å². The number of sulfonamides is 1. The molecule has 2 unspecified atom stereocenters. The van der Waals surface area contributed by atoms with Gasteiger partial charge in [-0.1, -0.05) is 6.08 Å². The molecule has 1 rings (SSSR count). The second-order valence-electron chi connectivity index (χ2n) is 3.11. The molecule has 6 N–H and O–H groups in total. The fraction of sp³-hybridized carbons (Fsp3) is 0.286. The largest absolute Gasteiger partial charge is 0.368 e. The summed E-state index contributed by atoms with van der Waals surface area (Å²) < 4.78 is 22.0. The maximum absolute atomic E-state index is 11.1. The summed E-state index contributed by atoms with van der Waals surface area (Å²) in [6.45, 7) is 0. The summed E-state index contributed by atoms with van der Waals surface area (Å²) in [6.07, 6.45) is 3.40. The molecule has 0 heterocycles. The van der Waals surface area contributed by atoms with Crippen LogP contribution in [0.2, 0.25) is 0 Å². The number of allylic oxidation sites excluding steroid dienone is 1. The van der Waals surface area contributed by atoms with Gasteiger partial charge in [0.05, 0.1) is 10.9 Å². The number of carbonyl (C=O) groups excluding carboxylic acids is 1. The summed E-state index contributed by atoms with van der Waals surface area (Å²) in [7, 11) is -3.93. The van der Waals surface area contributed by atoms with E-state index in [9.17, 15) is 13.2 Å². The fourth-order valence-corrected chi connectivity index (χ4v) is 1.98. The van der Waals surface area contributed by atoms with Crippen LogP contribution in [-0.2, 0) is 14.8 Å². The van der Waals surface area contributed by atoms with E-state index in [1.54, 1.807) is 0 Å². The molecule has 0 aliphatic heterocycles. The second kappa shape index (κ2) is 3.60. The van der Waals surface area contributed by atoms with Crippen LogP contribution in [0.15, 0.2) is 23.1 Å². The molecule has 1 aliphatic rings. The molecular weight excluding hydrogens is 242 g/mol. The topological polar surface area (TPSA) is 129 Å². The van der Waals surface area contributed by atoms with E-state index in [4.69, 9.17) is 28.2 Å². The maximum atomic E-state index is 11.1. The number of alkyl halides is 1. The number of primary amides is 1. The molecule has 0 aromatic heterocycles. The molecule has 0 bridgehead atoms. The Morgan fingerprint density at radius 2 is 2.07 bits per heavy atom. The average molecular weight is 252 g/mol. The van der Waals surface area contributed by atoms with E-state index in [1.165, 1.54) is 12.2 Å². The van der Waals surface area contributed by atoms with Gasteiger partial charge in [0.15, 0.2) is 4.87 Å². The van der Waals surface area contributed by atoms with Crippen LogP contribution in [0.25, 0.3) is 0 Å². The molecule has 1 amide bonds. The summed E-state index contributed by atoms with van der Waals surface area (Å²) in [5, 5.41) is 4.88. The van der Waals surface area contributed by atoms with Crippen molar-refractivity contribution in [3.63, 3.8) is 0 Å². The minimum Gasteiger partial charge on any atom is -0.368 e. The van der Waals surface area contributed by atoms with E-state index in [1.807, 2.05) is 0 Å². The zero-order valence-electron chi connectivity index (χ0n) is 7.55. The van der Waals surface area contributed by atoms with E-state index in [-0.39, 0.29) is 4.91 Å². The summed E-state index contributed by atoms with van der Waals surface area (Å²) >= 11 is 5.81. The Hall–Kier alpha value is -0.890. The molecule has 0 saturated carbocycles. The van der Waals surface area contributed by atoms with Crippen LogP contribution in [0.3, 0.4) is 0 Å². The van der Waals surface area contributed by atoms with Crippen LogP contribution >= 0.6 is 11.6 Å². The van der Waals surface area contributed by atoms with Crippen molar-refractivity contribution in [3.8, 4) is 0 Å². The molecule has 0 aromatic carbocycles. The first-order valence-corrected chi connectivity index (χ1v) is 5.78. The second-order valence-corrected chi connectivity index (χ2v) is 5.30. The maximum Gasteiger partial charge on any atom is 0.244 e. The number of hydrogen-bond donors (Lipinski definition) is 3. The lowest BCUT2D eigenvalue weighted by Crippen LogP contribution is -2.52. The summed E-state index contributed by atoms with van der Waals surface area (Å²) in [6, 6.07) is -0.887. The van der Waals surface area contributed by atoms with Gasteiger partial charge in [-0.2, -0.15) is 0 Å². The number of primary sulfonamides is 1. The van der Waals surface area contributed by atoms with Crippen molar-refractivity contribution < 1.29 is 13.2 Å². The third-order valence-corrected chi connectivity index (χ3v) is 3.47. The van der Waals surface area contributed by atoms with E-state index < -0.39 is 26.8 Å². The number of hydrogen-bond acceptors (Lipinski definition) is 4. The van der Waals surface area contributed by atoms with Crippen LogP contribution < -0.4 is 16.6 Å². The summed E-state index contributed by atoms with van der Waals surface area (Å²) in [5.74, 6) is -0.929. The molecule has 15 heavy (non-hydrogen) atoms. The van der Waals surface area contributed by atoms with Gasteiger partial charge in [0.1, 0.15) is 0 Å². The molecule has 0 aromatic rings. The molecule has 8 heteroatoms. The van der Waals surface area contributed by atoms with Crippen molar-refractivity contribution >= 4 is 27.5 Å². The van der Waals surface area contributed by atoms with Crippen molar-refractivity contribution in [2.45, 2.75) is 10.9 Å². The Bertz CT molecular complexity index is 456. The van der Waals surface area contributed by atoms with Gasteiger partial charge in [-0.15, -0.1) is 11.6 Å². The van der Waals surface area contributed by atoms with Gasteiger partial charge >= 0.3 is 0 Å². The number of amides is 1. The molecular formula is C7H10ClN3O3S. The predicted octanol–water partition coefficient (Wildman–Crippen LogP) is -1.48. The smallest absolute Gasteiger partial charge is 0.244 e. The summed E-state index contributed by atoms with van der Waals surface area (Å²) in [4.78, 5) is 9.02. The number of halogens is 1. The van der Waals surface area contributed by atoms with Crippen molar-refractivity contribution in [2.24, 2.45) is 16.6 Å². The fourth-order valence-electron chi connectivity index (χ4n) is 1.10. The molecule has 2 atom stereocenters. The monoisotopic (exact) mass is 251 g/mol. The first kappa shape index (κ1) is 12.2. The molecule has 0 saturated heterocycles. The van der Waals surface area contributed by atoms with Crippen molar-refractivity contribution in [1.29, 1.82) is 0 Å². The van der Waals surface area contributed by atoms with Gasteiger partial charge in [0.25, 0.3) is 0 Å². The lowest BCUT2D eigenvalue weighted by Gasteiger charge is -2.27. The molecule has 84 valence electrons. The van der Waals surface area contributed by atoms with Crippen LogP contribution in [0, 0.1) is 0 Å². The number of rotatable bonds is 2. The lowest BCUT2D eigenvalue weighted by molar-refractivity contribution is -0.119. The Kier molecular flexibility index (Phi) is 2.92. The molecule has 0 radical (unpaired) electrons.